The average Bonchev–Trinajstić information content (AvgIpc) is 2.83. The summed E-state index contributed by atoms with van der Waals surface area (Å²) in [4.78, 5) is 0. The van der Waals surface area contributed by atoms with E-state index in [1.165, 1.54) is 44.9 Å². The van der Waals surface area contributed by atoms with Gasteiger partial charge in [-0.3, -0.25) is 0 Å². The van der Waals surface area contributed by atoms with E-state index in [0.717, 1.165) is 17.8 Å². The molecule has 4 aliphatic rings. The zero-order chi connectivity index (χ0) is 14.7. The van der Waals surface area contributed by atoms with Crippen molar-refractivity contribution in [1.29, 1.82) is 0 Å². The van der Waals surface area contributed by atoms with Crippen LogP contribution in [0.1, 0.15) is 65.7 Å². The van der Waals surface area contributed by atoms with Gasteiger partial charge in [0.05, 0.1) is 0 Å². The summed E-state index contributed by atoms with van der Waals surface area (Å²) >= 11 is 0. The summed E-state index contributed by atoms with van der Waals surface area (Å²) in [5, 5.41) is 0. The summed E-state index contributed by atoms with van der Waals surface area (Å²) in [6.07, 6.45) is 19.6. The molecule has 0 heteroatoms. The van der Waals surface area contributed by atoms with Crippen molar-refractivity contribution < 1.29 is 0 Å². The Kier molecular flexibility index (Phi) is 3.04. The van der Waals surface area contributed by atoms with Gasteiger partial charge in [0.2, 0.25) is 0 Å². The molecule has 114 valence electrons. The number of rotatable bonds is 1. The van der Waals surface area contributed by atoms with Gasteiger partial charge >= 0.3 is 0 Å². The van der Waals surface area contributed by atoms with E-state index in [0.29, 0.717) is 10.8 Å². The van der Waals surface area contributed by atoms with Gasteiger partial charge in [-0.2, -0.15) is 0 Å². The number of hydrogen-bond donors (Lipinski definition) is 0. The van der Waals surface area contributed by atoms with E-state index in [1.54, 1.807) is 5.57 Å². The Morgan fingerprint density at radius 2 is 1.90 bits per heavy atom. The van der Waals surface area contributed by atoms with Crippen LogP contribution in [-0.2, 0) is 0 Å². The summed E-state index contributed by atoms with van der Waals surface area (Å²) in [5.74, 6) is 2.67. The lowest BCUT2D eigenvalue weighted by Gasteiger charge is -2.53. The van der Waals surface area contributed by atoms with Gasteiger partial charge in [0.15, 0.2) is 0 Å². The minimum atomic E-state index is 0.435. The third-order valence-corrected chi connectivity index (χ3v) is 7.81. The largest absolute Gasteiger partial charge is 0.0842 e. The molecule has 4 aliphatic carbocycles. The highest BCUT2D eigenvalue weighted by Gasteiger charge is 2.54. The predicted octanol–water partition coefficient (Wildman–Crippen LogP) is 6.06. The van der Waals surface area contributed by atoms with Gasteiger partial charge in [0.1, 0.15) is 0 Å². The van der Waals surface area contributed by atoms with Gasteiger partial charge in [0.25, 0.3) is 0 Å². The molecule has 0 amide bonds. The molecular formula is C21H30. The normalized spacial score (nSPS) is 48.0. The molecule has 21 heavy (non-hydrogen) atoms. The molecule has 0 aliphatic heterocycles. The monoisotopic (exact) mass is 282 g/mol. The topological polar surface area (TPSA) is 0 Å². The van der Waals surface area contributed by atoms with Crippen molar-refractivity contribution in [2.75, 3.05) is 0 Å². The van der Waals surface area contributed by atoms with Crippen LogP contribution >= 0.6 is 0 Å². The molecule has 0 aromatic carbocycles. The molecule has 0 nitrogen and oxygen atoms in total. The van der Waals surface area contributed by atoms with Crippen LogP contribution in [0, 0.1) is 28.6 Å². The second kappa shape index (κ2) is 4.61. The summed E-state index contributed by atoms with van der Waals surface area (Å²) in [5.41, 5.74) is 4.48. The second-order valence-corrected chi connectivity index (χ2v) is 8.48. The van der Waals surface area contributed by atoms with Crippen LogP contribution in [0.2, 0.25) is 0 Å². The van der Waals surface area contributed by atoms with Crippen LogP contribution in [0.4, 0.5) is 0 Å². The Balaban J connectivity index is 1.75. The second-order valence-electron chi connectivity index (χ2n) is 8.48. The molecule has 0 spiro atoms. The highest BCUT2D eigenvalue weighted by Crippen LogP contribution is 2.64. The minimum absolute atomic E-state index is 0.435. The standard InChI is InChI=1S/C21H30/c1-4-15-9-11-18-17-10-8-16-7-5-6-13-20(16,2)19(17)12-14-21(15,18)3/h5,7-8,10,15,18-19H,4,6,9,11-14H2,1-3H3/t15-,18-,19-,20-,21+/m0/s1. The molecule has 5 atom stereocenters. The summed E-state index contributed by atoms with van der Waals surface area (Å²) in [7, 11) is 0. The molecule has 0 saturated heterocycles. The molecule has 0 N–H and O–H groups in total. The van der Waals surface area contributed by atoms with E-state index in [9.17, 15) is 0 Å². The first-order valence-electron chi connectivity index (χ1n) is 9.18. The molecule has 0 aromatic rings. The van der Waals surface area contributed by atoms with Gasteiger partial charge in [-0.15, -0.1) is 0 Å². The van der Waals surface area contributed by atoms with Crippen LogP contribution in [0.3, 0.4) is 0 Å². The van der Waals surface area contributed by atoms with Crippen LogP contribution in [0.25, 0.3) is 0 Å². The first-order valence-corrected chi connectivity index (χ1v) is 9.18. The summed E-state index contributed by atoms with van der Waals surface area (Å²) in [6.45, 7) is 7.57. The van der Waals surface area contributed by atoms with E-state index < -0.39 is 0 Å². The summed E-state index contributed by atoms with van der Waals surface area (Å²) < 4.78 is 0. The lowest BCUT2D eigenvalue weighted by molar-refractivity contribution is 0.0750. The third-order valence-electron chi connectivity index (χ3n) is 7.81. The Labute approximate surface area is 130 Å². The maximum absolute atomic E-state index is 2.61. The summed E-state index contributed by atoms with van der Waals surface area (Å²) in [6, 6.07) is 0. The average molecular weight is 282 g/mol. The van der Waals surface area contributed by atoms with E-state index >= 15 is 0 Å². The maximum Gasteiger partial charge on any atom is -0.000685 e. The van der Waals surface area contributed by atoms with Crippen LogP contribution in [-0.4, -0.2) is 0 Å². The van der Waals surface area contributed by atoms with Crippen LogP contribution < -0.4 is 0 Å². The van der Waals surface area contributed by atoms with Crippen molar-refractivity contribution in [2.45, 2.75) is 65.7 Å². The fraction of sp³-hybridized carbons (Fsp3) is 0.714. The SMILES string of the molecule is CC[C@H]1CC[C@H]2C3=CC=C4C=CCC[C@]4(C)[C@H]3CC[C@]12C. The molecule has 0 bridgehead atoms. The fourth-order valence-corrected chi connectivity index (χ4v) is 6.43. The van der Waals surface area contributed by atoms with Crippen molar-refractivity contribution in [1.82, 2.24) is 0 Å². The molecule has 2 saturated carbocycles. The quantitative estimate of drug-likeness (QED) is 0.548. The lowest BCUT2D eigenvalue weighted by atomic mass is 9.51. The zero-order valence-corrected chi connectivity index (χ0v) is 14.0. The van der Waals surface area contributed by atoms with Gasteiger partial charge in [0, 0.05) is 0 Å². The Bertz CT molecular complexity index is 534. The van der Waals surface area contributed by atoms with Crippen molar-refractivity contribution in [3.8, 4) is 0 Å². The maximum atomic E-state index is 2.61. The fourth-order valence-electron chi connectivity index (χ4n) is 6.43. The van der Waals surface area contributed by atoms with Crippen LogP contribution in [0.15, 0.2) is 35.5 Å². The van der Waals surface area contributed by atoms with Gasteiger partial charge in [-0.1, -0.05) is 57.1 Å². The number of allylic oxidation sites excluding steroid dienone is 6. The van der Waals surface area contributed by atoms with Gasteiger partial charge in [-0.05, 0) is 72.7 Å². The number of hydrogen-bond acceptors (Lipinski definition) is 0. The molecule has 0 radical (unpaired) electrons. The molecule has 0 unspecified atom stereocenters. The first-order chi connectivity index (χ1) is 10.1. The van der Waals surface area contributed by atoms with E-state index in [2.05, 4.69) is 45.1 Å². The molecular weight excluding hydrogens is 252 g/mol. The smallest absolute Gasteiger partial charge is 0.000685 e. The van der Waals surface area contributed by atoms with Crippen molar-refractivity contribution in [3.63, 3.8) is 0 Å². The predicted molar refractivity (Wildman–Crippen MR) is 90.0 cm³/mol. The first kappa shape index (κ1) is 13.9. The molecule has 0 aromatic heterocycles. The van der Waals surface area contributed by atoms with Crippen LogP contribution in [0.5, 0.6) is 0 Å². The highest BCUT2D eigenvalue weighted by molar-refractivity contribution is 5.43. The minimum Gasteiger partial charge on any atom is -0.0842 e. The molecule has 4 rings (SSSR count). The van der Waals surface area contributed by atoms with Crippen molar-refractivity contribution in [2.24, 2.45) is 28.6 Å². The van der Waals surface area contributed by atoms with Crippen molar-refractivity contribution in [3.05, 3.63) is 35.5 Å². The molecule has 2 fully saturated rings. The third kappa shape index (κ3) is 1.74. The highest BCUT2D eigenvalue weighted by atomic mass is 14.6. The Hall–Kier alpha value is -0.780. The van der Waals surface area contributed by atoms with E-state index in [4.69, 9.17) is 0 Å². The van der Waals surface area contributed by atoms with Gasteiger partial charge < -0.3 is 0 Å². The zero-order valence-electron chi connectivity index (χ0n) is 14.0. The Morgan fingerprint density at radius 3 is 2.71 bits per heavy atom. The van der Waals surface area contributed by atoms with Gasteiger partial charge in [-0.25, -0.2) is 0 Å². The van der Waals surface area contributed by atoms with E-state index in [-0.39, 0.29) is 0 Å². The van der Waals surface area contributed by atoms with Crippen molar-refractivity contribution >= 4 is 0 Å². The lowest BCUT2D eigenvalue weighted by Crippen LogP contribution is -2.44. The number of fused-ring (bicyclic) bond motifs is 5. The Morgan fingerprint density at radius 1 is 1.05 bits per heavy atom. The van der Waals surface area contributed by atoms with E-state index in [1.807, 2.05) is 5.57 Å². The molecule has 0 heterocycles.